The van der Waals surface area contributed by atoms with Crippen LogP contribution >= 0.6 is 45.3 Å². The van der Waals surface area contributed by atoms with Gasteiger partial charge in [-0.15, -0.1) is 62.5 Å². The average molecular weight is 2140 g/mol. The van der Waals surface area contributed by atoms with Gasteiger partial charge >= 0.3 is 41.6 Å². The van der Waals surface area contributed by atoms with Crippen LogP contribution in [0.5, 0.6) is 23.0 Å². The van der Waals surface area contributed by atoms with Crippen LogP contribution in [0.15, 0.2) is 110 Å². The molecule has 2 unspecified atom stereocenters. The van der Waals surface area contributed by atoms with E-state index >= 15 is 0 Å². The first-order valence-corrected chi connectivity index (χ1v) is 48.5. The number of hydrogen-bond acceptors (Lipinski definition) is 52. The second-order valence-corrected chi connectivity index (χ2v) is 39.9. The van der Waals surface area contributed by atoms with Crippen LogP contribution in [-0.4, -0.2) is 244 Å². The Labute approximate surface area is 808 Å². The summed E-state index contributed by atoms with van der Waals surface area (Å²) in [5.74, 6) is -13.2. The molecular weight excluding hydrogens is 2050 g/mol. The number of carbonyl (C=O) groups is 8. The minimum Gasteiger partial charge on any atom is -0.503 e. The molecule has 8 atom stereocenters. The highest BCUT2D eigenvalue weighted by atomic mass is 32.3. The van der Waals surface area contributed by atoms with E-state index in [0.29, 0.717) is 39.2 Å². The Balaban J connectivity index is 0.000000210. The Kier molecular flexibility index (Phi) is 33.3. The number of amides is 4. The van der Waals surface area contributed by atoms with Gasteiger partial charge in [-0.1, -0.05) is 27.5 Å². The fourth-order valence-corrected chi connectivity index (χ4v) is 17.4. The highest BCUT2D eigenvalue weighted by Gasteiger charge is 2.61. The van der Waals surface area contributed by atoms with Crippen molar-refractivity contribution in [3.63, 3.8) is 0 Å². The zero-order valence-corrected chi connectivity index (χ0v) is 81.1. The molecule has 4 amide bonds. The molecule has 0 aromatic carbocycles. The Morgan fingerprint density at radius 2 is 0.560 bits per heavy atom. The highest BCUT2D eigenvalue weighted by Crippen LogP contribution is 2.45. The molecule has 4 aliphatic rings. The van der Waals surface area contributed by atoms with Crippen LogP contribution in [0.2, 0.25) is 0 Å². The Hall–Kier alpha value is -14.2. The number of β-lactam (4-membered cyclic amide) rings is 4. The molecule has 4 fully saturated rings. The fraction of sp³-hybridized carbons (Fsp3) is 0.397. The van der Waals surface area contributed by atoms with Gasteiger partial charge in [0.1, 0.15) is 45.6 Å². The van der Waals surface area contributed by atoms with Crippen LogP contribution in [0.1, 0.15) is 185 Å². The zero-order chi connectivity index (χ0) is 106. The van der Waals surface area contributed by atoms with Crippen LogP contribution in [0, 0.1) is 23.7 Å². The molecule has 8 aromatic heterocycles. The monoisotopic (exact) mass is 2140 g/mol. The first kappa shape index (κ1) is 110. The SMILES string of the molecule is CC(O/N=C(\C(=O)C[C@@H]1C(=O)N(OS(=O)(=O)O)C1(C)C)c1csc(N)n1)c1cc(=O)c(O)cn1O.CCC(O/N=C(\C(=O)C[C@@H]1C(=O)N(OS(=O)(=O)O)C1(C)C)c1csc(N)n1)c1cc(=O)c(O)cn1O.C[C@@H](O/N=C(\C(=O)C[C@@H]1C(=O)N(OS(=O)(=O)O)C1(C)C)c1csc(N)n1)c1cc(=O)c(O)cn1O.C[C@H](O/N=C(\C(=O)C[C@@H]1C(=O)N(OS(=O)(=O)O)C1(C)C)c1csc(N)n1)c1cc(=O)c(O)cn1O. The first-order chi connectivity index (χ1) is 65.0. The first-order valence-electron chi connectivity index (χ1n) is 39.6. The summed E-state index contributed by atoms with van der Waals surface area (Å²) in [6, 6.07) is 3.69. The lowest BCUT2D eigenvalue weighted by Crippen LogP contribution is -2.68. The molecule has 0 radical (unpaired) electrons. The van der Waals surface area contributed by atoms with Crippen molar-refractivity contribution >= 4 is 177 Å². The third kappa shape index (κ3) is 26.1. The van der Waals surface area contributed by atoms with Crippen LogP contribution in [-0.2, 0) is 116 Å². The van der Waals surface area contributed by atoms with Crippen molar-refractivity contribution in [1.82, 2.24) is 59.1 Å². The summed E-state index contributed by atoms with van der Waals surface area (Å²) in [6.45, 7) is 17.3. The minimum atomic E-state index is -4.96. The maximum absolute atomic E-state index is 13.2. The lowest BCUT2D eigenvalue weighted by molar-refractivity contribution is -0.228. The Morgan fingerprint density at radius 3 is 0.738 bits per heavy atom. The van der Waals surface area contributed by atoms with Gasteiger partial charge in [-0.05, 0) is 82.6 Å². The van der Waals surface area contributed by atoms with E-state index in [1.165, 1.54) is 97.7 Å². The maximum atomic E-state index is 13.2. The number of rotatable bonds is 37. The van der Waals surface area contributed by atoms with Crippen molar-refractivity contribution in [2.24, 2.45) is 44.3 Å². The molecule has 20 N–H and O–H groups in total. The van der Waals surface area contributed by atoms with E-state index in [9.17, 15) is 132 Å². The van der Waals surface area contributed by atoms with E-state index in [4.69, 9.17) is 60.5 Å². The number of ketones is 4. The number of nitrogen functional groups attached to an aromatic ring is 4. The number of hydroxylamine groups is 8. The normalized spacial score (nSPS) is 18.7. The molecule has 0 bridgehead atoms. The van der Waals surface area contributed by atoms with E-state index in [1.54, 1.807) is 6.92 Å². The molecule has 8 aromatic rings. The van der Waals surface area contributed by atoms with Gasteiger partial charge in [0.25, 0.3) is 23.6 Å². The number of Topliss-reactive ketones (excluding diaryl/α,β-unsaturated/α-hetero) is 4. The van der Waals surface area contributed by atoms with Crippen LogP contribution in [0.25, 0.3) is 0 Å². The number of nitrogens with zero attached hydrogens (tertiary/aromatic N) is 16. The average Bonchev–Trinajstić information content (AvgIpc) is 0.991. The number of aromatic hydroxyl groups is 4. The second kappa shape index (κ2) is 42.5. The van der Waals surface area contributed by atoms with E-state index in [-0.39, 0.29) is 95.3 Å². The largest absolute Gasteiger partial charge is 0.503 e. The smallest absolute Gasteiger partial charge is 0.418 e. The number of pyridine rings is 4. The number of hydrogen-bond donors (Lipinski definition) is 16. The predicted molar refractivity (Wildman–Crippen MR) is 480 cm³/mol. The molecule has 141 heavy (non-hydrogen) atoms. The predicted octanol–water partition coefficient (Wildman–Crippen LogP) is 1.36. The van der Waals surface area contributed by atoms with Crippen molar-refractivity contribution in [3.8, 4) is 23.0 Å². The third-order valence-electron chi connectivity index (χ3n) is 21.1. The van der Waals surface area contributed by atoms with Gasteiger partial charge in [-0.25, -0.2) is 19.9 Å². The second-order valence-electron chi connectivity index (χ2n) is 32.3. The quantitative estimate of drug-likeness (QED) is 0.00859. The Morgan fingerprint density at radius 1 is 0.369 bits per heavy atom. The number of oxime groups is 4. The number of aromatic nitrogens is 8. The van der Waals surface area contributed by atoms with Crippen molar-refractivity contribution in [2.75, 3.05) is 22.9 Å². The Bertz CT molecular complexity index is 6640. The molecule has 12 heterocycles. The van der Waals surface area contributed by atoms with Gasteiger partial charge in [0, 0.05) is 71.5 Å². The lowest BCUT2D eigenvalue weighted by Gasteiger charge is -2.50. The van der Waals surface area contributed by atoms with Gasteiger partial charge in [0.05, 0.1) is 70.6 Å². The molecule has 4 saturated heterocycles. The summed E-state index contributed by atoms with van der Waals surface area (Å²) in [6.07, 6.45) is -2.79. The zero-order valence-electron chi connectivity index (χ0n) is 74.6. The molecule has 60 nitrogen and oxygen atoms in total. The molecular formula is C73H86N20O40S8. The van der Waals surface area contributed by atoms with Crippen molar-refractivity contribution in [1.29, 1.82) is 0 Å². The van der Waals surface area contributed by atoms with Crippen molar-refractivity contribution in [2.45, 2.75) is 162 Å². The molecule has 4 aliphatic heterocycles. The van der Waals surface area contributed by atoms with Crippen LogP contribution < -0.4 is 44.6 Å². The number of anilines is 4. The number of thiazole rings is 4. The summed E-state index contributed by atoms with van der Waals surface area (Å²) >= 11 is 4.04. The van der Waals surface area contributed by atoms with Crippen molar-refractivity contribution < 1.29 is 168 Å². The van der Waals surface area contributed by atoms with Gasteiger partial charge < -0.3 is 83.5 Å². The van der Waals surface area contributed by atoms with Gasteiger partial charge in [0.15, 0.2) is 114 Å². The summed E-state index contributed by atoms with van der Waals surface area (Å²) in [5.41, 5.74) is 12.9. The van der Waals surface area contributed by atoms with Crippen LogP contribution in [0.3, 0.4) is 0 Å². The topological polar surface area (TPSA) is 896 Å². The van der Waals surface area contributed by atoms with Gasteiger partial charge in [-0.2, -0.15) is 72.8 Å². The van der Waals surface area contributed by atoms with Gasteiger partial charge in [0.2, 0.25) is 21.7 Å². The molecule has 0 spiro atoms. The fourth-order valence-electron chi connectivity index (χ4n) is 13.4. The highest BCUT2D eigenvalue weighted by molar-refractivity contribution is 7.81. The summed E-state index contributed by atoms with van der Waals surface area (Å²) in [5, 5.41) is 101. The summed E-state index contributed by atoms with van der Waals surface area (Å²) in [7, 11) is -19.8. The molecule has 0 aliphatic carbocycles. The molecule has 0 saturated carbocycles. The summed E-state index contributed by atoms with van der Waals surface area (Å²) in [4.78, 5) is 186. The minimum absolute atomic E-state index is 0.0346. The van der Waals surface area contributed by atoms with Crippen LogP contribution in [0.4, 0.5) is 20.5 Å². The standard InChI is InChI=1S/C19H23N5O10S2.3C18H21N5O10S2/c1-4-15(11-6-12(25)14(27)7-23(11)29)33-22-16(10-8-35-18(20)21-10)13(26)5-9-17(28)24(19(9,2)3)34-36(30,31)32;3*1-8(11-5-12(24)14(26)6-22(11)28)32-21-15(10-7-34-17(19)20-10)13(25)4-9-16(27)23(18(9,2)3)33-35(29,30)31/h6-9,15,27,29H,4-5H2,1-3H3,(H2,20,21)(H,30,31,32);3*5-9,26,28H,4H2,1-3H3,(H2,19,20)(H,29,30,31)/b22-16-;3*21-15-/t9-,15?;8?,9-;8-,9+;8-,9-/m1101/s1. The third-order valence-corrected chi connectivity index (χ3v) is 25.2. The summed E-state index contributed by atoms with van der Waals surface area (Å²) < 4.78 is 142. The lowest BCUT2D eigenvalue weighted by atomic mass is 9.74. The number of carbonyl (C=O) groups excluding carboxylic acids is 8. The number of nitrogens with two attached hydrogens (primary N) is 4. The molecule has 68 heteroatoms. The van der Waals surface area contributed by atoms with E-state index in [1.807, 2.05) is 0 Å². The van der Waals surface area contributed by atoms with E-state index in [2.05, 4.69) is 57.7 Å². The molecule has 12 rings (SSSR count). The van der Waals surface area contributed by atoms with Crippen molar-refractivity contribution in [3.05, 3.63) is 157 Å². The van der Waals surface area contributed by atoms with E-state index < -0.39 is 229 Å². The maximum Gasteiger partial charge on any atom is 0.418 e. The van der Waals surface area contributed by atoms with Gasteiger partial charge in [-0.3, -0.25) is 75.7 Å². The van der Waals surface area contributed by atoms with E-state index in [0.717, 1.165) is 94.4 Å². The molecule has 766 valence electrons.